The average Bonchev–Trinajstić information content (AvgIpc) is 2.91. The SMILES string of the molecule is COc1ccccc1C1=N/C(=C\c2ccc(Br)cc2F)C(=O)O1. The Morgan fingerprint density at radius 2 is 2.04 bits per heavy atom. The summed E-state index contributed by atoms with van der Waals surface area (Å²) in [6, 6.07) is 11.6. The zero-order chi connectivity index (χ0) is 16.4. The van der Waals surface area contributed by atoms with Crippen LogP contribution in [0.3, 0.4) is 0 Å². The van der Waals surface area contributed by atoms with Crippen LogP contribution >= 0.6 is 15.9 Å². The zero-order valence-electron chi connectivity index (χ0n) is 12.0. The molecule has 1 aliphatic heterocycles. The molecule has 0 aliphatic carbocycles. The van der Waals surface area contributed by atoms with Crippen molar-refractivity contribution < 1.29 is 18.7 Å². The number of ether oxygens (including phenoxy) is 2. The number of halogens is 2. The molecule has 0 aromatic heterocycles. The van der Waals surface area contributed by atoms with Crippen LogP contribution in [0.2, 0.25) is 0 Å². The van der Waals surface area contributed by atoms with Crippen LogP contribution in [0.5, 0.6) is 5.75 Å². The van der Waals surface area contributed by atoms with Gasteiger partial charge in [-0.05, 0) is 30.3 Å². The third-order valence-electron chi connectivity index (χ3n) is 3.21. The Labute approximate surface area is 140 Å². The number of esters is 1. The van der Waals surface area contributed by atoms with Gasteiger partial charge < -0.3 is 9.47 Å². The van der Waals surface area contributed by atoms with Crippen LogP contribution in [0.4, 0.5) is 4.39 Å². The van der Waals surface area contributed by atoms with Crippen molar-refractivity contribution in [3.63, 3.8) is 0 Å². The summed E-state index contributed by atoms with van der Waals surface area (Å²) in [7, 11) is 1.52. The van der Waals surface area contributed by atoms with Gasteiger partial charge >= 0.3 is 5.97 Å². The van der Waals surface area contributed by atoms with Gasteiger partial charge in [-0.2, -0.15) is 0 Å². The molecule has 1 heterocycles. The lowest BCUT2D eigenvalue weighted by atomic mass is 10.2. The first-order chi connectivity index (χ1) is 11.1. The number of para-hydroxylation sites is 1. The van der Waals surface area contributed by atoms with Crippen LogP contribution in [0.15, 0.2) is 57.6 Å². The predicted molar refractivity (Wildman–Crippen MR) is 87.7 cm³/mol. The first-order valence-electron chi connectivity index (χ1n) is 6.69. The zero-order valence-corrected chi connectivity index (χ0v) is 13.6. The summed E-state index contributed by atoms with van der Waals surface area (Å²) in [5, 5.41) is 0. The molecule has 3 rings (SSSR count). The topological polar surface area (TPSA) is 47.9 Å². The lowest BCUT2D eigenvalue weighted by Gasteiger charge is -2.05. The standard InChI is InChI=1S/C17H11BrFNO3/c1-22-15-5-3-2-4-12(15)16-20-14(17(21)23-16)8-10-6-7-11(18)9-13(10)19/h2-9H,1H3/b14-8-. The van der Waals surface area contributed by atoms with E-state index < -0.39 is 11.8 Å². The lowest BCUT2D eigenvalue weighted by Crippen LogP contribution is -2.06. The maximum atomic E-state index is 13.9. The van der Waals surface area contributed by atoms with E-state index in [4.69, 9.17) is 9.47 Å². The molecule has 0 saturated carbocycles. The Morgan fingerprint density at radius 3 is 2.78 bits per heavy atom. The summed E-state index contributed by atoms with van der Waals surface area (Å²) < 4.78 is 24.9. The van der Waals surface area contributed by atoms with Crippen molar-refractivity contribution in [2.24, 2.45) is 4.99 Å². The van der Waals surface area contributed by atoms with Crippen LogP contribution in [0.1, 0.15) is 11.1 Å². The van der Waals surface area contributed by atoms with Crippen molar-refractivity contribution in [1.29, 1.82) is 0 Å². The van der Waals surface area contributed by atoms with E-state index in [1.807, 2.05) is 0 Å². The van der Waals surface area contributed by atoms with Gasteiger partial charge in [0.1, 0.15) is 11.6 Å². The van der Waals surface area contributed by atoms with Crippen LogP contribution < -0.4 is 4.74 Å². The summed E-state index contributed by atoms with van der Waals surface area (Å²) in [6.07, 6.45) is 1.35. The third-order valence-corrected chi connectivity index (χ3v) is 3.71. The highest BCUT2D eigenvalue weighted by atomic mass is 79.9. The number of methoxy groups -OCH3 is 1. The Morgan fingerprint density at radius 1 is 1.26 bits per heavy atom. The molecule has 116 valence electrons. The monoisotopic (exact) mass is 375 g/mol. The predicted octanol–water partition coefficient (Wildman–Crippen LogP) is 3.94. The number of rotatable bonds is 3. The second-order valence-electron chi connectivity index (χ2n) is 4.70. The number of hydrogen-bond acceptors (Lipinski definition) is 4. The highest BCUT2D eigenvalue weighted by Gasteiger charge is 2.26. The number of benzene rings is 2. The molecule has 1 aliphatic rings. The second kappa shape index (κ2) is 6.34. The first kappa shape index (κ1) is 15.4. The highest BCUT2D eigenvalue weighted by molar-refractivity contribution is 9.10. The fourth-order valence-corrected chi connectivity index (χ4v) is 2.44. The molecule has 4 nitrogen and oxygen atoms in total. The molecule has 0 bridgehead atoms. The van der Waals surface area contributed by atoms with Gasteiger partial charge in [-0.1, -0.05) is 34.1 Å². The van der Waals surface area contributed by atoms with Gasteiger partial charge in [0.15, 0.2) is 5.70 Å². The smallest absolute Gasteiger partial charge is 0.363 e. The van der Waals surface area contributed by atoms with Gasteiger partial charge in [0.25, 0.3) is 0 Å². The van der Waals surface area contributed by atoms with Crippen LogP contribution in [0.25, 0.3) is 6.08 Å². The fourth-order valence-electron chi connectivity index (χ4n) is 2.11. The Hall–Kier alpha value is -2.47. The molecule has 2 aromatic carbocycles. The van der Waals surface area contributed by atoms with E-state index in [9.17, 15) is 9.18 Å². The minimum atomic E-state index is -0.631. The van der Waals surface area contributed by atoms with Crippen molar-refractivity contribution in [3.05, 3.63) is 69.6 Å². The summed E-state index contributed by atoms with van der Waals surface area (Å²) in [5.41, 5.74) is 0.848. The highest BCUT2D eigenvalue weighted by Crippen LogP contribution is 2.26. The molecule has 6 heteroatoms. The molecule has 0 unspecified atom stereocenters. The molecule has 2 aromatic rings. The van der Waals surface area contributed by atoms with Crippen molar-refractivity contribution in [3.8, 4) is 5.75 Å². The lowest BCUT2D eigenvalue weighted by molar-refractivity contribution is -0.129. The summed E-state index contributed by atoms with van der Waals surface area (Å²) in [6.45, 7) is 0. The van der Waals surface area contributed by atoms with E-state index in [1.54, 1.807) is 36.4 Å². The number of cyclic esters (lactones) is 1. The van der Waals surface area contributed by atoms with E-state index in [1.165, 1.54) is 19.3 Å². The van der Waals surface area contributed by atoms with E-state index >= 15 is 0 Å². The van der Waals surface area contributed by atoms with Gasteiger partial charge in [0, 0.05) is 10.0 Å². The van der Waals surface area contributed by atoms with E-state index in [0.717, 1.165) is 0 Å². The third kappa shape index (κ3) is 3.17. The van der Waals surface area contributed by atoms with Crippen molar-refractivity contribution >= 4 is 33.9 Å². The molecule has 0 N–H and O–H groups in total. The number of hydrogen-bond donors (Lipinski definition) is 0. The fraction of sp³-hybridized carbons (Fsp3) is 0.0588. The summed E-state index contributed by atoms with van der Waals surface area (Å²) >= 11 is 3.18. The minimum absolute atomic E-state index is 0.0344. The number of nitrogens with zero attached hydrogens (tertiary/aromatic N) is 1. The Bertz CT molecular complexity index is 845. The normalized spacial score (nSPS) is 15.5. The molecule has 0 fully saturated rings. The number of aliphatic imine (C=N–C) groups is 1. The molecule has 23 heavy (non-hydrogen) atoms. The Kier molecular flexibility index (Phi) is 4.25. The number of carbonyl (C=O) groups is 1. The van der Waals surface area contributed by atoms with Crippen LogP contribution in [0, 0.1) is 5.82 Å². The molecular formula is C17H11BrFNO3. The summed E-state index contributed by atoms with van der Waals surface area (Å²) in [4.78, 5) is 16.1. The minimum Gasteiger partial charge on any atom is -0.496 e. The molecular weight excluding hydrogens is 365 g/mol. The van der Waals surface area contributed by atoms with Crippen molar-refractivity contribution in [2.45, 2.75) is 0 Å². The first-order valence-corrected chi connectivity index (χ1v) is 7.49. The number of carbonyl (C=O) groups excluding carboxylic acids is 1. The average molecular weight is 376 g/mol. The van der Waals surface area contributed by atoms with Crippen molar-refractivity contribution in [1.82, 2.24) is 0 Å². The molecule has 0 saturated heterocycles. The van der Waals surface area contributed by atoms with Crippen LogP contribution in [-0.2, 0) is 9.53 Å². The van der Waals surface area contributed by atoms with E-state index in [2.05, 4.69) is 20.9 Å². The van der Waals surface area contributed by atoms with E-state index in [-0.39, 0.29) is 17.2 Å². The maximum absolute atomic E-state index is 13.9. The molecule has 0 amide bonds. The second-order valence-corrected chi connectivity index (χ2v) is 5.62. The molecule has 0 spiro atoms. The van der Waals surface area contributed by atoms with Crippen LogP contribution in [-0.4, -0.2) is 19.0 Å². The van der Waals surface area contributed by atoms with Gasteiger partial charge in [-0.15, -0.1) is 0 Å². The van der Waals surface area contributed by atoms with Gasteiger partial charge in [-0.25, -0.2) is 14.2 Å². The molecule has 0 atom stereocenters. The van der Waals surface area contributed by atoms with E-state index in [0.29, 0.717) is 15.8 Å². The summed E-state index contributed by atoms with van der Waals surface area (Å²) in [5.74, 6) is -0.416. The van der Waals surface area contributed by atoms with Crippen molar-refractivity contribution in [2.75, 3.05) is 7.11 Å². The quantitative estimate of drug-likeness (QED) is 0.602. The molecule has 0 radical (unpaired) electrons. The van der Waals surface area contributed by atoms with Gasteiger partial charge in [-0.3, -0.25) is 0 Å². The largest absolute Gasteiger partial charge is 0.496 e. The van der Waals surface area contributed by atoms with Gasteiger partial charge in [0.2, 0.25) is 5.90 Å². The Balaban J connectivity index is 2.00. The van der Waals surface area contributed by atoms with Gasteiger partial charge in [0.05, 0.1) is 12.7 Å². The maximum Gasteiger partial charge on any atom is 0.363 e.